The van der Waals surface area contributed by atoms with Crippen molar-refractivity contribution < 1.29 is 22.7 Å². The topological polar surface area (TPSA) is 63.3 Å². The predicted molar refractivity (Wildman–Crippen MR) is 88.0 cm³/mol. The second-order valence-corrected chi connectivity index (χ2v) is 6.44. The van der Waals surface area contributed by atoms with Crippen LogP contribution in [0.3, 0.4) is 0 Å². The molecule has 2 aromatic heterocycles. The van der Waals surface area contributed by atoms with Crippen LogP contribution < -0.4 is 5.63 Å². The fourth-order valence-corrected chi connectivity index (χ4v) is 3.36. The molecule has 4 nitrogen and oxygen atoms in total. The monoisotopic (exact) mass is 387 g/mol. The highest BCUT2D eigenvalue weighted by atomic mass is 35.5. The first kappa shape index (κ1) is 17.6. The first-order valence-electron chi connectivity index (χ1n) is 6.85. The molecule has 2 heterocycles. The SMILES string of the molecule is O=c1cc(CSc2ncc(C(F)(F)F)cc2Cl)c2ccc(O)cc2o1. The van der Waals surface area contributed by atoms with Gasteiger partial charge in [-0.05, 0) is 23.8 Å². The normalized spacial score (nSPS) is 11.8. The van der Waals surface area contributed by atoms with Gasteiger partial charge in [-0.15, -0.1) is 11.8 Å². The molecule has 0 amide bonds. The number of aromatic nitrogens is 1. The van der Waals surface area contributed by atoms with Crippen LogP contribution in [0.5, 0.6) is 5.75 Å². The van der Waals surface area contributed by atoms with Gasteiger partial charge in [0.2, 0.25) is 0 Å². The highest BCUT2D eigenvalue weighted by Gasteiger charge is 2.31. The van der Waals surface area contributed by atoms with E-state index in [0.717, 1.165) is 17.8 Å². The number of benzene rings is 1. The fraction of sp³-hybridized carbons (Fsp3) is 0.125. The van der Waals surface area contributed by atoms with Gasteiger partial charge < -0.3 is 9.52 Å². The summed E-state index contributed by atoms with van der Waals surface area (Å²) in [6.45, 7) is 0. The predicted octanol–water partition coefficient (Wildman–Crippen LogP) is 4.86. The summed E-state index contributed by atoms with van der Waals surface area (Å²) in [5.74, 6) is 0.193. The summed E-state index contributed by atoms with van der Waals surface area (Å²) in [6.07, 6.45) is -3.81. The Balaban J connectivity index is 1.90. The third-order valence-corrected chi connectivity index (χ3v) is 4.77. The Morgan fingerprint density at radius 3 is 2.68 bits per heavy atom. The van der Waals surface area contributed by atoms with Crippen molar-refractivity contribution in [3.8, 4) is 5.75 Å². The molecule has 130 valence electrons. The number of nitrogens with zero attached hydrogens (tertiary/aromatic N) is 1. The van der Waals surface area contributed by atoms with E-state index in [0.29, 0.717) is 17.1 Å². The molecule has 0 aliphatic carbocycles. The summed E-state index contributed by atoms with van der Waals surface area (Å²) in [5, 5.41) is 10.2. The lowest BCUT2D eigenvalue weighted by Crippen LogP contribution is -2.05. The van der Waals surface area contributed by atoms with Crippen LogP contribution in [-0.4, -0.2) is 10.1 Å². The molecule has 0 aliphatic heterocycles. The van der Waals surface area contributed by atoms with Crippen LogP contribution in [0.15, 0.2) is 50.8 Å². The molecule has 0 radical (unpaired) electrons. The Labute approximate surface area is 148 Å². The summed E-state index contributed by atoms with van der Waals surface area (Å²) in [6, 6.07) is 6.44. The number of aromatic hydroxyl groups is 1. The molecule has 9 heteroatoms. The van der Waals surface area contributed by atoms with Gasteiger partial charge in [-0.1, -0.05) is 11.6 Å². The maximum absolute atomic E-state index is 12.6. The minimum absolute atomic E-state index is 0.0482. The first-order chi connectivity index (χ1) is 11.7. The Morgan fingerprint density at radius 1 is 1.24 bits per heavy atom. The van der Waals surface area contributed by atoms with Gasteiger partial charge >= 0.3 is 11.8 Å². The molecule has 1 N–H and O–H groups in total. The molecule has 0 atom stereocenters. The lowest BCUT2D eigenvalue weighted by Gasteiger charge is -2.09. The van der Waals surface area contributed by atoms with Crippen LogP contribution >= 0.6 is 23.4 Å². The number of pyridine rings is 1. The molecule has 25 heavy (non-hydrogen) atoms. The molecule has 0 fully saturated rings. The number of halogens is 4. The lowest BCUT2D eigenvalue weighted by molar-refractivity contribution is -0.137. The van der Waals surface area contributed by atoms with Gasteiger partial charge in [0, 0.05) is 29.5 Å². The van der Waals surface area contributed by atoms with Crippen molar-refractivity contribution in [2.45, 2.75) is 17.0 Å². The molecular weight excluding hydrogens is 379 g/mol. The number of rotatable bonds is 3. The van der Waals surface area contributed by atoms with Gasteiger partial charge in [-0.25, -0.2) is 9.78 Å². The van der Waals surface area contributed by atoms with E-state index in [2.05, 4.69) is 4.98 Å². The average molecular weight is 388 g/mol. The van der Waals surface area contributed by atoms with Crippen LogP contribution in [0.25, 0.3) is 11.0 Å². The molecular formula is C16H9ClF3NO3S. The van der Waals surface area contributed by atoms with Crippen LogP contribution in [0.4, 0.5) is 13.2 Å². The molecule has 3 aromatic rings. The quantitative estimate of drug-likeness (QED) is 0.513. The van der Waals surface area contributed by atoms with Gasteiger partial charge in [0.15, 0.2) is 0 Å². The number of phenolic OH excluding ortho intramolecular Hbond substituents is 1. The zero-order valence-corrected chi connectivity index (χ0v) is 13.9. The summed E-state index contributed by atoms with van der Waals surface area (Å²) in [5.41, 5.74) is -0.716. The van der Waals surface area contributed by atoms with Crippen LogP contribution in [0, 0.1) is 0 Å². The Morgan fingerprint density at radius 2 is 2.00 bits per heavy atom. The smallest absolute Gasteiger partial charge is 0.417 e. The number of alkyl halides is 3. The molecule has 3 rings (SSSR count). The second-order valence-electron chi connectivity index (χ2n) is 5.07. The third-order valence-electron chi connectivity index (χ3n) is 3.31. The minimum Gasteiger partial charge on any atom is -0.508 e. The van der Waals surface area contributed by atoms with E-state index in [-0.39, 0.29) is 27.1 Å². The van der Waals surface area contributed by atoms with Gasteiger partial charge in [-0.3, -0.25) is 0 Å². The fourth-order valence-electron chi connectivity index (χ4n) is 2.17. The van der Waals surface area contributed by atoms with Crippen molar-refractivity contribution >= 4 is 34.3 Å². The van der Waals surface area contributed by atoms with E-state index in [4.69, 9.17) is 16.0 Å². The van der Waals surface area contributed by atoms with Crippen molar-refractivity contribution in [2.75, 3.05) is 0 Å². The number of hydrogen-bond donors (Lipinski definition) is 1. The van der Waals surface area contributed by atoms with E-state index in [1.54, 1.807) is 6.07 Å². The highest BCUT2D eigenvalue weighted by molar-refractivity contribution is 7.98. The Kier molecular flexibility index (Phi) is 4.66. The van der Waals surface area contributed by atoms with Crippen molar-refractivity contribution in [3.05, 3.63) is 63.1 Å². The van der Waals surface area contributed by atoms with Gasteiger partial charge in [0.1, 0.15) is 16.4 Å². The Hall–Kier alpha value is -2.19. The molecule has 0 bridgehead atoms. The highest BCUT2D eigenvalue weighted by Crippen LogP contribution is 2.35. The second kappa shape index (κ2) is 6.61. The minimum atomic E-state index is -4.52. The maximum Gasteiger partial charge on any atom is 0.417 e. The average Bonchev–Trinajstić information content (AvgIpc) is 2.51. The van der Waals surface area contributed by atoms with Crippen LogP contribution in [0.1, 0.15) is 11.1 Å². The van der Waals surface area contributed by atoms with Crippen molar-refractivity contribution in [1.29, 1.82) is 0 Å². The zero-order valence-electron chi connectivity index (χ0n) is 12.3. The summed E-state index contributed by atoms with van der Waals surface area (Å²) in [7, 11) is 0. The van der Waals surface area contributed by atoms with E-state index in [1.165, 1.54) is 18.2 Å². The van der Waals surface area contributed by atoms with E-state index >= 15 is 0 Å². The first-order valence-corrected chi connectivity index (χ1v) is 8.22. The van der Waals surface area contributed by atoms with Crippen molar-refractivity contribution in [3.63, 3.8) is 0 Å². The molecule has 0 spiro atoms. The molecule has 0 saturated heterocycles. The van der Waals surface area contributed by atoms with Gasteiger partial charge in [0.05, 0.1) is 10.6 Å². The number of hydrogen-bond acceptors (Lipinski definition) is 5. The summed E-state index contributed by atoms with van der Waals surface area (Å²) >= 11 is 6.97. The molecule has 0 aliphatic rings. The summed E-state index contributed by atoms with van der Waals surface area (Å²) in [4.78, 5) is 15.4. The molecule has 0 saturated carbocycles. The third kappa shape index (κ3) is 3.91. The van der Waals surface area contributed by atoms with Gasteiger partial charge in [0.25, 0.3) is 0 Å². The van der Waals surface area contributed by atoms with E-state index < -0.39 is 17.4 Å². The van der Waals surface area contributed by atoms with Crippen molar-refractivity contribution in [2.24, 2.45) is 0 Å². The summed E-state index contributed by atoms with van der Waals surface area (Å²) < 4.78 is 42.9. The molecule has 1 aromatic carbocycles. The number of phenols is 1. The Bertz CT molecular complexity index is 1000. The number of thioether (sulfide) groups is 1. The molecule has 0 unspecified atom stereocenters. The number of fused-ring (bicyclic) bond motifs is 1. The van der Waals surface area contributed by atoms with E-state index in [9.17, 15) is 23.1 Å². The lowest BCUT2D eigenvalue weighted by atomic mass is 10.1. The standard InChI is InChI=1S/C16H9ClF3NO3S/c17-12-4-9(16(18,19)20)6-21-15(12)25-7-8-3-14(23)24-13-5-10(22)1-2-11(8)13/h1-6,22H,7H2. The zero-order chi connectivity index (χ0) is 18.2. The van der Waals surface area contributed by atoms with E-state index in [1.807, 2.05) is 0 Å². The van der Waals surface area contributed by atoms with Crippen LogP contribution in [-0.2, 0) is 11.9 Å². The largest absolute Gasteiger partial charge is 0.508 e. The van der Waals surface area contributed by atoms with Gasteiger partial charge in [-0.2, -0.15) is 13.2 Å². The van der Waals surface area contributed by atoms with Crippen molar-refractivity contribution in [1.82, 2.24) is 4.98 Å². The maximum atomic E-state index is 12.6. The van der Waals surface area contributed by atoms with Crippen LogP contribution in [0.2, 0.25) is 5.02 Å².